The van der Waals surface area contributed by atoms with Crippen molar-refractivity contribution in [2.45, 2.75) is 136 Å². The van der Waals surface area contributed by atoms with Crippen LogP contribution in [0.5, 0.6) is 0 Å². The largest absolute Gasteiger partial charge is 0.414 e. The van der Waals surface area contributed by atoms with E-state index in [9.17, 15) is 5.11 Å². The van der Waals surface area contributed by atoms with Crippen LogP contribution < -0.4 is 0 Å². The summed E-state index contributed by atoms with van der Waals surface area (Å²) in [5.41, 5.74) is 1.11. The van der Waals surface area contributed by atoms with Gasteiger partial charge in [0.05, 0.1) is 0 Å². The maximum atomic E-state index is 9.36. The number of fused-ring (bicyclic) bond motifs is 5. The summed E-state index contributed by atoms with van der Waals surface area (Å²) in [5, 5.41) is 9.67. The Morgan fingerprint density at radius 3 is 2.27 bits per heavy atom. The smallest absolute Gasteiger partial charge is 0.192 e. The Morgan fingerprint density at radius 1 is 0.939 bits per heavy atom. The molecular formula is C30H56O2Si. The SMILES string of the molecule is C[C@H](CCCO)[C@H]1CC[C@H]2[C@@H]3CCC4C[C@H](O[Si](C)(C)C(C)(C)C)CC[C@]4(C)[C@H]3CC[C@]12C. The van der Waals surface area contributed by atoms with Crippen molar-refractivity contribution in [1.82, 2.24) is 0 Å². The lowest BCUT2D eigenvalue weighted by Gasteiger charge is -2.61. The van der Waals surface area contributed by atoms with Gasteiger partial charge in [-0.2, -0.15) is 0 Å². The Balaban J connectivity index is 1.45. The van der Waals surface area contributed by atoms with Crippen molar-refractivity contribution in [2.24, 2.45) is 46.3 Å². The molecule has 33 heavy (non-hydrogen) atoms. The van der Waals surface area contributed by atoms with Gasteiger partial charge in [-0.25, -0.2) is 0 Å². The van der Waals surface area contributed by atoms with E-state index in [1.165, 1.54) is 64.2 Å². The van der Waals surface area contributed by atoms with Crippen LogP contribution in [-0.4, -0.2) is 26.1 Å². The number of hydrogen-bond donors (Lipinski definition) is 1. The summed E-state index contributed by atoms with van der Waals surface area (Å²) in [5.74, 6) is 5.42. The van der Waals surface area contributed by atoms with Crippen molar-refractivity contribution in [3.8, 4) is 0 Å². The fourth-order valence-electron chi connectivity index (χ4n) is 9.51. The first-order valence-electron chi connectivity index (χ1n) is 14.6. The highest BCUT2D eigenvalue weighted by atomic mass is 28.4. The third-order valence-corrected chi connectivity index (χ3v) is 17.0. The Morgan fingerprint density at radius 2 is 1.61 bits per heavy atom. The van der Waals surface area contributed by atoms with E-state index >= 15 is 0 Å². The molecule has 0 heterocycles. The van der Waals surface area contributed by atoms with Gasteiger partial charge in [0.2, 0.25) is 0 Å². The Labute approximate surface area is 207 Å². The predicted molar refractivity (Wildman–Crippen MR) is 143 cm³/mol. The fraction of sp³-hybridized carbons (Fsp3) is 1.00. The summed E-state index contributed by atoms with van der Waals surface area (Å²) in [6.07, 6.45) is 15.5. The first-order valence-corrected chi connectivity index (χ1v) is 17.5. The molecule has 4 rings (SSSR count). The first kappa shape index (κ1) is 26.2. The van der Waals surface area contributed by atoms with Gasteiger partial charge in [-0.1, -0.05) is 41.5 Å². The molecule has 0 aliphatic heterocycles. The quantitative estimate of drug-likeness (QED) is 0.390. The lowest BCUT2D eigenvalue weighted by atomic mass is 9.44. The minimum Gasteiger partial charge on any atom is -0.414 e. The molecule has 0 radical (unpaired) electrons. The van der Waals surface area contributed by atoms with Gasteiger partial charge in [0, 0.05) is 12.7 Å². The summed E-state index contributed by atoms with van der Waals surface area (Å²) >= 11 is 0. The molecule has 1 unspecified atom stereocenters. The van der Waals surface area contributed by atoms with Crippen LogP contribution in [0.4, 0.5) is 0 Å². The lowest BCUT2D eigenvalue weighted by Crippen LogP contribution is -2.55. The second-order valence-electron chi connectivity index (χ2n) is 15.0. The zero-order chi connectivity index (χ0) is 24.2. The number of aliphatic hydroxyl groups is 1. The topological polar surface area (TPSA) is 29.5 Å². The minimum absolute atomic E-state index is 0.312. The molecule has 192 valence electrons. The molecule has 4 aliphatic rings. The Kier molecular flexibility index (Phi) is 7.32. The summed E-state index contributed by atoms with van der Waals surface area (Å²) in [7, 11) is -1.68. The summed E-state index contributed by atoms with van der Waals surface area (Å²) in [6, 6.07) is 0. The Hall–Kier alpha value is 0.137. The molecular weight excluding hydrogens is 420 g/mol. The monoisotopic (exact) mass is 476 g/mol. The van der Waals surface area contributed by atoms with Gasteiger partial charge in [0.25, 0.3) is 0 Å². The van der Waals surface area contributed by atoms with Gasteiger partial charge < -0.3 is 9.53 Å². The van der Waals surface area contributed by atoms with E-state index in [4.69, 9.17) is 4.43 Å². The van der Waals surface area contributed by atoms with Gasteiger partial charge in [-0.05, 0) is 135 Å². The van der Waals surface area contributed by atoms with E-state index in [0.717, 1.165) is 41.9 Å². The van der Waals surface area contributed by atoms with E-state index in [-0.39, 0.29) is 0 Å². The zero-order valence-electron chi connectivity index (χ0n) is 23.4. The molecule has 0 aromatic rings. The molecule has 4 fully saturated rings. The van der Waals surface area contributed by atoms with Crippen molar-refractivity contribution in [2.75, 3.05) is 6.61 Å². The maximum Gasteiger partial charge on any atom is 0.192 e. The van der Waals surface area contributed by atoms with Gasteiger partial charge in [-0.15, -0.1) is 0 Å². The number of hydrogen-bond acceptors (Lipinski definition) is 2. The average molecular weight is 477 g/mol. The standard InChI is InChI=1S/C30H56O2Si/c1-21(10-9-19-31)25-13-14-26-24-12-11-22-20-23(32-33(7,8)28(2,3)4)15-17-29(22,5)27(24)16-18-30(25,26)6/h21-27,31H,9-20H2,1-8H3/t21-,22?,23-,24+,25-,26+,27+,29+,30-/m1/s1. The van der Waals surface area contributed by atoms with Crippen LogP contribution in [0, 0.1) is 46.3 Å². The normalized spacial score (nSPS) is 44.6. The summed E-state index contributed by atoms with van der Waals surface area (Å²) in [6.45, 7) is 20.3. The van der Waals surface area contributed by atoms with Gasteiger partial charge in [0.1, 0.15) is 0 Å². The van der Waals surface area contributed by atoms with E-state index in [1.54, 1.807) is 0 Å². The van der Waals surface area contributed by atoms with E-state index in [0.29, 0.717) is 28.6 Å². The zero-order valence-corrected chi connectivity index (χ0v) is 24.4. The Bertz CT molecular complexity index is 683. The molecule has 0 amide bonds. The van der Waals surface area contributed by atoms with Crippen molar-refractivity contribution in [1.29, 1.82) is 0 Å². The van der Waals surface area contributed by atoms with Gasteiger partial charge in [0.15, 0.2) is 8.32 Å². The lowest BCUT2D eigenvalue weighted by molar-refractivity contribution is -0.127. The summed E-state index contributed by atoms with van der Waals surface area (Å²) < 4.78 is 6.95. The van der Waals surface area contributed by atoms with Crippen LogP contribution in [0.15, 0.2) is 0 Å². The third-order valence-electron chi connectivity index (χ3n) is 12.5. The third kappa shape index (κ3) is 4.55. The molecule has 1 N–H and O–H groups in total. The fourth-order valence-corrected chi connectivity index (χ4v) is 10.9. The molecule has 0 saturated heterocycles. The molecule has 4 saturated carbocycles. The molecule has 0 aromatic carbocycles. The van der Waals surface area contributed by atoms with Gasteiger partial charge >= 0.3 is 0 Å². The van der Waals surface area contributed by atoms with Crippen molar-refractivity contribution in [3.63, 3.8) is 0 Å². The van der Waals surface area contributed by atoms with E-state index < -0.39 is 8.32 Å². The highest BCUT2D eigenvalue weighted by Gasteiger charge is 2.60. The average Bonchev–Trinajstić information content (AvgIpc) is 3.08. The van der Waals surface area contributed by atoms with Crippen LogP contribution in [-0.2, 0) is 4.43 Å². The van der Waals surface area contributed by atoms with Crippen LogP contribution in [0.25, 0.3) is 0 Å². The highest BCUT2D eigenvalue weighted by Crippen LogP contribution is 2.68. The highest BCUT2D eigenvalue weighted by molar-refractivity contribution is 6.74. The van der Waals surface area contributed by atoms with E-state index in [2.05, 4.69) is 54.6 Å². The van der Waals surface area contributed by atoms with Crippen LogP contribution in [0.1, 0.15) is 112 Å². The second-order valence-corrected chi connectivity index (χ2v) is 19.8. The molecule has 4 aliphatic carbocycles. The maximum absolute atomic E-state index is 9.36. The number of rotatable bonds is 6. The predicted octanol–water partition coefficient (Wildman–Crippen LogP) is 8.44. The molecule has 2 nitrogen and oxygen atoms in total. The van der Waals surface area contributed by atoms with Crippen LogP contribution >= 0.6 is 0 Å². The van der Waals surface area contributed by atoms with Crippen molar-refractivity contribution < 1.29 is 9.53 Å². The molecule has 0 aromatic heterocycles. The molecule has 3 heteroatoms. The minimum atomic E-state index is -1.68. The van der Waals surface area contributed by atoms with E-state index in [1.807, 2.05) is 0 Å². The van der Waals surface area contributed by atoms with Crippen molar-refractivity contribution >= 4 is 8.32 Å². The van der Waals surface area contributed by atoms with Crippen LogP contribution in [0.3, 0.4) is 0 Å². The second kappa shape index (κ2) is 9.22. The molecule has 0 bridgehead atoms. The first-order chi connectivity index (χ1) is 15.3. The summed E-state index contributed by atoms with van der Waals surface area (Å²) in [4.78, 5) is 0. The molecule has 0 spiro atoms. The van der Waals surface area contributed by atoms with Crippen molar-refractivity contribution in [3.05, 3.63) is 0 Å². The van der Waals surface area contributed by atoms with Crippen LogP contribution in [0.2, 0.25) is 18.1 Å². The van der Waals surface area contributed by atoms with Gasteiger partial charge in [-0.3, -0.25) is 0 Å². The molecule has 9 atom stereocenters. The number of aliphatic hydroxyl groups excluding tert-OH is 1.